The van der Waals surface area contributed by atoms with Gasteiger partial charge >= 0.3 is 0 Å². The van der Waals surface area contributed by atoms with Crippen LogP contribution in [0.5, 0.6) is 0 Å². The minimum Gasteiger partial charge on any atom is -0.378 e. The predicted molar refractivity (Wildman–Crippen MR) is 70.2 cm³/mol. The average molecular weight is 247 g/mol. The molecule has 17 heavy (non-hydrogen) atoms. The van der Waals surface area contributed by atoms with E-state index in [0.29, 0.717) is 0 Å². The molecule has 1 fully saturated rings. The van der Waals surface area contributed by atoms with Crippen LogP contribution in [0.4, 0.5) is 5.69 Å². The molecule has 0 unspecified atom stereocenters. The Hall–Kier alpha value is -1.39. The van der Waals surface area contributed by atoms with Crippen molar-refractivity contribution in [2.24, 2.45) is 0 Å². The summed E-state index contributed by atoms with van der Waals surface area (Å²) in [6.07, 6.45) is 0.946. The Labute approximate surface area is 104 Å². The van der Waals surface area contributed by atoms with Crippen LogP contribution in [0.25, 0.3) is 10.1 Å². The summed E-state index contributed by atoms with van der Waals surface area (Å²) in [7, 11) is 0. The molecule has 88 valence electrons. The summed E-state index contributed by atoms with van der Waals surface area (Å²) in [4.78, 5) is 13.4. The van der Waals surface area contributed by atoms with Crippen LogP contribution in [0.15, 0.2) is 23.6 Å². The van der Waals surface area contributed by atoms with Crippen molar-refractivity contribution in [3.05, 3.63) is 29.1 Å². The van der Waals surface area contributed by atoms with E-state index >= 15 is 0 Å². The topological polar surface area (TPSA) is 29.5 Å². The van der Waals surface area contributed by atoms with Crippen LogP contribution in [0.2, 0.25) is 0 Å². The Morgan fingerprint density at radius 1 is 1.24 bits per heavy atom. The molecule has 0 bridgehead atoms. The number of hydrogen-bond donors (Lipinski definition) is 0. The van der Waals surface area contributed by atoms with Crippen LogP contribution in [0.3, 0.4) is 0 Å². The second kappa shape index (κ2) is 4.47. The van der Waals surface area contributed by atoms with Gasteiger partial charge in [0.25, 0.3) is 0 Å². The zero-order valence-corrected chi connectivity index (χ0v) is 10.2. The van der Waals surface area contributed by atoms with Gasteiger partial charge in [-0.25, -0.2) is 0 Å². The van der Waals surface area contributed by atoms with Crippen LogP contribution in [-0.2, 0) is 4.74 Å². The molecule has 0 spiro atoms. The highest BCUT2D eigenvalue weighted by Gasteiger charge is 2.17. The summed E-state index contributed by atoms with van der Waals surface area (Å²) in [5.74, 6) is 0. The van der Waals surface area contributed by atoms with E-state index in [0.717, 1.165) is 43.8 Å². The summed E-state index contributed by atoms with van der Waals surface area (Å²) in [6.45, 7) is 3.18. The molecule has 0 N–H and O–H groups in total. The number of hydrogen-bond acceptors (Lipinski definition) is 4. The van der Waals surface area contributed by atoms with Gasteiger partial charge in [0.05, 0.1) is 18.9 Å². The van der Waals surface area contributed by atoms with Crippen molar-refractivity contribution in [2.45, 2.75) is 0 Å². The first kappa shape index (κ1) is 10.7. The minimum absolute atomic E-state index is 0.735. The Kier molecular flexibility index (Phi) is 2.82. The van der Waals surface area contributed by atoms with E-state index in [1.165, 1.54) is 10.1 Å². The van der Waals surface area contributed by atoms with E-state index in [9.17, 15) is 4.79 Å². The van der Waals surface area contributed by atoms with Gasteiger partial charge < -0.3 is 9.64 Å². The van der Waals surface area contributed by atoms with Crippen molar-refractivity contribution in [3.8, 4) is 0 Å². The average Bonchev–Trinajstić information content (AvgIpc) is 2.86. The first-order valence-electron chi connectivity index (χ1n) is 5.68. The summed E-state index contributed by atoms with van der Waals surface area (Å²) in [6, 6.07) is 6.03. The second-order valence-electron chi connectivity index (χ2n) is 4.05. The molecular formula is C13H13NO2S. The van der Waals surface area contributed by atoms with Crippen LogP contribution in [0.1, 0.15) is 10.4 Å². The molecule has 2 aromatic rings. The van der Waals surface area contributed by atoms with Crippen LogP contribution >= 0.6 is 11.3 Å². The van der Waals surface area contributed by atoms with Gasteiger partial charge in [-0.2, -0.15) is 0 Å². The number of aldehydes is 1. The number of carbonyl (C=O) groups excluding carboxylic acids is 1. The SMILES string of the molecule is O=Cc1ccc2sccc2c1N1CCOCC1. The van der Waals surface area contributed by atoms with Gasteiger partial charge in [-0.15, -0.1) is 11.3 Å². The third-order valence-electron chi connectivity index (χ3n) is 3.09. The van der Waals surface area contributed by atoms with Gasteiger partial charge in [-0.05, 0) is 23.6 Å². The van der Waals surface area contributed by atoms with Gasteiger partial charge in [0, 0.05) is 28.7 Å². The standard InChI is InChI=1S/C13H13NO2S/c15-9-10-1-2-12-11(3-8-17-12)13(10)14-4-6-16-7-5-14/h1-3,8-9H,4-7H2. The number of carbonyl (C=O) groups is 1. The molecule has 4 heteroatoms. The number of fused-ring (bicyclic) bond motifs is 1. The van der Waals surface area contributed by atoms with Crippen LogP contribution in [0, 0.1) is 0 Å². The predicted octanol–water partition coefficient (Wildman–Crippen LogP) is 2.55. The number of ether oxygens (including phenoxy) is 1. The third kappa shape index (κ3) is 1.83. The van der Waals surface area contributed by atoms with E-state index in [1.54, 1.807) is 11.3 Å². The normalized spacial score (nSPS) is 16.4. The molecule has 1 aromatic carbocycles. The molecule has 3 nitrogen and oxygen atoms in total. The van der Waals surface area contributed by atoms with Gasteiger partial charge in [0.15, 0.2) is 6.29 Å². The van der Waals surface area contributed by atoms with Crippen molar-refractivity contribution >= 4 is 33.4 Å². The lowest BCUT2D eigenvalue weighted by molar-refractivity contribution is 0.111. The molecule has 0 amide bonds. The first-order valence-corrected chi connectivity index (χ1v) is 6.56. The minimum atomic E-state index is 0.735. The number of anilines is 1. The number of nitrogens with zero attached hydrogens (tertiary/aromatic N) is 1. The molecule has 0 radical (unpaired) electrons. The summed E-state index contributed by atoms with van der Waals surface area (Å²) >= 11 is 1.71. The van der Waals surface area contributed by atoms with E-state index in [1.807, 2.05) is 12.1 Å². The molecule has 1 aliphatic rings. The Morgan fingerprint density at radius 3 is 2.82 bits per heavy atom. The molecule has 3 rings (SSSR count). The third-order valence-corrected chi connectivity index (χ3v) is 3.97. The Balaban J connectivity index is 2.16. The van der Waals surface area contributed by atoms with Gasteiger partial charge in [-0.1, -0.05) is 0 Å². The Bertz CT molecular complexity index is 543. The van der Waals surface area contributed by atoms with Crippen molar-refractivity contribution in [1.29, 1.82) is 0 Å². The quantitative estimate of drug-likeness (QED) is 0.764. The monoisotopic (exact) mass is 247 g/mol. The number of morpholine rings is 1. The fourth-order valence-electron chi connectivity index (χ4n) is 2.28. The lowest BCUT2D eigenvalue weighted by Crippen LogP contribution is -2.36. The van der Waals surface area contributed by atoms with Gasteiger partial charge in [-0.3, -0.25) is 4.79 Å². The molecule has 0 atom stereocenters. The molecule has 0 saturated carbocycles. The second-order valence-corrected chi connectivity index (χ2v) is 5.00. The van der Waals surface area contributed by atoms with E-state index in [2.05, 4.69) is 16.3 Å². The maximum absolute atomic E-state index is 11.2. The highest BCUT2D eigenvalue weighted by Crippen LogP contribution is 2.33. The maximum atomic E-state index is 11.2. The van der Waals surface area contributed by atoms with E-state index < -0.39 is 0 Å². The van der Waals surface area contributed by atoms with E-state index in [4.69, 9.17) is 4.74 Å². The van der Waals surface area contributed by atoms with Crippen molar-refractivity contribution in [2.75, 3.05) is 31.2 Å². The molecule has 1 saturated heterocycles. The van der Waals surface area contributed by atoms with Crippen molar-refractivity contribution in [1.82, 2.24) is 0 Å². The summed E-state index contributed by atoms with van der Waals surface area (Å²) in [5, 5.41) is 3.25. The number of rotatable bonds is 2. The molecule has 1 aromatic heterocycles. The fraction of sp³-hybridized carbons (Fsp3) is 0.308. The number of thiophene rings is 1. The van der Waals surface area contributed by atoms with E-state index in [-0.39, 0.29) is 0 Å². The van der Waals surface area contributed by atoms with Crippen LogP contribution < -0.4 is 4.90 Å². The van der Waals surface area contributed by atoms with Crippen LogP contribution in [-0.4, -0.2) is 32.6 Å². The van der Waals surface area contributed by atoms with Crippen molar-refractivity contribution < 1.29 is 9.53 Å². The molecule has 0 aliphatic carbocycles. The lowest BCUT2D eigenvalue weighted by Gasteiger charge is -2.30. The van der Waals surface area contributed by atoms with Gasteiger partial charge in [0.1, 0.15) is 0 Å². The highest BCUT2D eigenvalue weighted by atomic mass is 32.1. The van der Waals surface area contributed by atoms with Gasteiger partial charge in [0.2, 0.25) is 0 Å². The largest absolute Gasteiger partial charge is 0.378 e. The summed E-state index contributed by atoms with van der Waals surface area (Å²) in [5.41, 5.74) is 1.85. The molecule has 1 aliphatic heterocycles. The zero-order chi connectivity index (χ0) is 11.7. The highest BCUT2D eigenvalue weighted by molar-refractivity contribution is 7.17. The molecular weight excluding hydrogens is 234 g/mol. The zero-order valence-electron chi connectivity index (χ0n) is 9.39. The Morgan fingerprint density at radius 2 is 2.06 bits per heavy atom. The molecule has 2 heterocycles. The smallest absolute Gasteiger partial charge is 0.152 e. The summed E-state index contributed by atoms with van der Waals surface area (Å²) < 4.78 is 6.59. The maximum Gasteiger partial charge on any atom is 0.152 e. The van der Waals surface area contributed by atoms with Crippen molar-refractivity contribution in [3.63, 3.8) is 0 Å². The fourth-order valence-corrected chi connectivity index (χ4v) is 3.07. The number of benzene rings is 1. The lowest BCUT2D eigenvalue weighted by atomic mass is 10.1. The first-order chi connectivity index (χ1) is 8.40.